The first-order chi connectivity index (χ1) is 13.7. The Bertz CT molecular complexity index is 848. The minimum atomic E-state index is -0.280. The summed E-state index contributed by atoms with van der Waals surface area (Å²) in [5, 5.41) is 8.46. The third-order valence-electron chi connectivity index (χ3n) is 4.66. The molecule has 0 unspecified atom stereocenters. The number of hydrogen-bond acceptors (Lipinski definition) is 3. The van der Waals surface area contributed by atoms with Crippen LogP contribution in [0.4, 0.5) is 0 Å². The number of aromatic nitrogens is 1. The molecular formula is C24H34N4S. The van der Waals surface area contributed by atoms with Gasteiger partial charge in [0, 0.05) is 15.9 Å². The second kappa shape index (κ2) is 10.6. The van der Waals surface area contributed by atoms with E-state index in [9.17, 15) is 0 Å². The average molecular weight is 411 g/mol. The molecule has 29 heavy (non-hydrogen) atoms. The van der Waals surface area contributed by atoms with Gasteiger partial charge in [-0.15, -0.1) is 11.8 Å². The summed E-state index contributed by atoms with van der Waals surface area (Å²) in [6.45, 7) is 10.3. The van der Waals surface area contributed by atoms with E-state index in [0.29, 0.717) is 11.5 Å². The highest BCUT2D eigenvalue weighted by molar-refractivity contribution is 7.99. The summed E-state index contributed by atoms with van der Waals surface area (Å²) >= 11 is 1.82. The molecule has 0 saturated heterocycles. The Kier molecular flexibility index (Phi) is 8.45. The van der Waals surface area contributed by atoms with E-state index in [1.807, 2.05) is 38.6 Å². The summed E-state index contributed by atoms with van der Waals surface area (Å²) in [5.74, 6) is 1.62. The standard InChI is InChI=1S/C24H34N4S/c1-6-7-8-9-14-29-19-15-20(18-12-10-17(2)11-13-18)27-21(16-19)22(25)28-23(26)24(3,4)5/h10-13,15-16H,6-9,14H2,1-5H3,(H3,25,26,28). The van der Waals surface area contributed by atoms with E-state index in [1.165, 1.54) is 31.2 Å². The van der Waals surface area contributed by atoms with Crippen LogP contribution in [0.1, 0.15) is 64.6 Å². The Morgan fingerprint density at radius 1 is 1.10 bits per heavy atom. The third-order valence-corrected chi connectivity index (χ3v) is 5.72. The van der Waals surface area contributed by atoms with Crippen LogP contribution >= 0.6 is 11.8 Å². The number of amidine groups is 2. The zero-order chi connectivity index (χ0) is 21.4. The van der Waals surface area contributed by atoms with Gasteiger partial charge in [0.2, 0.25) is 0 Å². The molecule has 0 aliphatic carbocycles. The minimum Gasteiger partial charge on any atom is -0.387 e. The lowest BCUT2D eigenvalue weighted by atomic mass is 9.95. The van der Waals surface area contributed by atoms with Crippen molar-refractivity contribution >= 4 is 23.4 Å². The lowest BCUT2D eigenvalue weighted by Gasteiger charge is -2.17. The van der Waals surface area contributed by atoms with Crippen LogP contribution in [0.2, 0.25) is 0 Å². The topological polar surface area (TPSA) is 75.1 Å². The lowest BCUT2D eigenvalue weighted by Crippen LogP contribution is -2.30. The maximum atomic E-state index is 8.46. The highest BCUT2D eigenvalue weighted by Gasteiger charge is 2.17. The fraction of sp³-hybridized carbons (Fsp3) is 0.458. The number of unbranched alkanes of at least 4 members (excludes halogenated alkanes) is 3. The van der Waals surface area contributed by atoms with Gasteiger partial charge in [0.25, 0.3) is 0 Å². The Morgan fingerprint density at radius 3 is 2.41 bits per heavy atom. The van der Waals surface area contributed by atoms with E-state index in [2.05, 4.69) is 49.2 Å². The van der Waals surface area contributed by atoms with Gasteiger partial charge in [-0.2, -0.15) is 0 Å². The van der Waals surface area contributed by atoms with Crippen LogP contribution < -0.4 is 5.73 Å². The SMILES string of the molecule is CCCCCCSc1cc(C(=N)N=C(N)C(C)(C)C)nc(-c2ccc(C)cc2)c1. The van der Waals surface area contributed by atoms with Crippen molar-refractivity contribution in [1.82, 2.24) is 4.98 Å². The Morgan fingerprint density at radius 2 is 1.79 bits per heavy atom. The average Bonchev–Trinajstić information content (AvgIpc) is 2.67. The molecule has 1 heterocycles. The summed E-state index contributed by atoms with van der Waals surface area (Å²) in [6.07, 6.45) is 4.98. The first kappa shape index (κ1) is 23.1. The van der Waals surface area contributed by atoms with Gasteiger partial charge in [0.1, 0.15) is 11.5 Å². The molecule has 3 N–H and O–H groups in total. The number of aliphatic imine (C=N–C) groups is 1. The Hall–Kier alpha value is -2.14. The molecule has 0 saturated carbocycles. The Balaban J connectivity index is 2.33. The highest BCUT2D eigenvalue weighted by Crippen LogP contribution is 2.27. The number of hydrogen-bond donors (Lipinski definition) is 2. The number of nitrogens with one attached hydrogen (secondary N) is 1. The van der Waals surface area contributed by atoms with E-state index in [-0.39, 0.29) is 11.3 Å². The van der Waals surface area contributed by atoms with Crippen molar-refractivity contribution < 1.29 is 0 Å². The van der Waals surface area contributed by atoms with Crippen LogP contribution in [0.5, 0.6) is 0 Å². The van der Waals surface area contributed by atoms with Gasteiger partial charge in [0.15, 0.2) is 5.84 Å². The van der Waals surface area contributed by atoms with Crippen molar-refractivity contribution in [2.24, 2.45) is 16.1 Å². The van der Waals surface area contributed by atoms with Gasteiger partial charge < -0.3 is 5.73 Å². The van der Waals surface area contributed by atoms with Crippen molar-refractivity contribution in [3.8, 4) is 11.3 Å². The summed E-state index contributed by atoms with van der Waals surface area (Å²) in [4.78, 5) is 10.2. The summed E-state index contributed by atoms with van der Waals surface area (Å²) in [5.41, 5.74) is 9.51. The fourth-order valence-corrected chi connectivity index (χ4v) is 3.62. The molecule has 5 heteroatoms. The van der Waals surface area contributed by atoms with Gasteiger partial charge >= 0.3 is 0 Å². The molecular weight excluding hydrogens is 376 g/mol. The number of thioether (sulfide) groups is 1. The molecule has 0 spiro atoms. The number of pyridine rings is 1. The molecule has 0 bridgehead atoms. The smallest absolute Gasteiger partial charge is 0.172 e. The lowest BCUT2D eigenvalue weighted by molar-refractivity contribution is 0.585. The quantitative estimate of drug-likeness (QED) is 0.227. The number of aryl methyl sites for hydroxylation is 1. The molecule has 0 radical (unpaired) electrons. The van der Waals surface area contributed by atoms with Gasteiger partial charge in [-0.05, 0) is 31.2 Å². The van der Waals surface area contributed by atoms with Crippen molar-refractivity contribution in [1.29, 1.82) is 5.41 Å². The molecule has 1 aromatic heterocycles. The second-order valence-electron chi connectivity index (χ2n) is 8.44. The number of benzene rings is 1. The first-order valence-electron chi connectivity index (χ1n) is 10.4. The van der Waals surface area contributed by atoms with Crippen molar-refractivity contribution in [3.05, 3.63) is 47.7 Å². The van der Waals surface area contributed by atoms with Crippen LogP contribution in [0, 0.1) is 17.7 Å². The van der Waals surface area contributed by atoms with Crippen molar-refractivity contribution in [3.63, 3.8) is 0 Å². The predicted molar refractivity (Wildman–Crippen MR) is 127 cm³/mol. The molecule has 0 fully saturated rings. The summed E-state index contributed by atoms with van der Waals surface area (Å²) in [7, 11) is 0. The van der Waals surface area contributed by atoms with Gasteiger partial charge in [-0.3, -0.25) is 5.41 Å². The van der Waals surface area contributed by atoms with E-state index in [4.69, 9.17) is 16.1 Å². The molecule has 0 aliphatic rings. The molecule has 1 aromatic carbocycles. The van der Waals surface area contributed by atoms with E-state index in [0.717, 1.165) is 21.9 Å². The largest absolute Gasteiger partial charge is 0.387 e. The Labute approximate surface area is 179 Å². The van der Waals surface area contributed by atoms with Gasteiger partial charge in [-0.1, -0.05) is 76.8 Å². The molecule has 2 aromatic rings. The normalized spacial score (nSPS) is 12.2. The molecule has 0 amide bonds. The van der Waals surface area contributed by atoms with Crippen LogP contribution in [0.3, 0.4) is 0 Å². The maximum Gasteiger partial charge on any atom is 0.172 e. The highest BCUT2D eigenvalue weighted by atomic mass is 32.2. The van der Waals surface area contributed by atoms with E-state index >= 15 is 0 Å². The zero-order valence-corrected chi connectivity index (χ0v) is 19.2. The van der Waals surface area contributed by atoms with Gasteiger partial charge in [-0.25, -0.2) is 9.98 Å². The molecule has 156 valence electrons. The van der Waals surface area contributed by atoms with Crippen LogP contribution in [-0.2, 0) is 0 Å². The number of rotatable bonds is 8. The second-order valence-corrected chi connectivity index (χ2v) is 9.61. The van der Waals surface area contributed by atoms with Crippen LogP contribution in [-0.4, -0.2) is 22.4 Å². The molecule has 2 rings (SSSR count). The molecule has 4 nitrogen and oxygen atoms in total. The van der Waals surface area contributed by atoms with E-state index in [1.54, 1.807) is 0 Å². The van der Waals surface area contributed by atoms with Crippen LogP contribution in [0.15, 0.2) is 46.3 Å². The zero-order valence-electron chi connectivity index (χ0n) is 18.4. The molecule has 0 aliphatic heterocycles. The number of nitrogens with zero attached hydrogens (tertiary/aromatic N) is 2. The van der Waals surface area contributed by atoms with Crippen LogP contribution in [0.25, 0.3) is 11.3 Å². The van der Waals surface area contributed by atoms with E-state index < -0.39 is 0 Å². The van der Waals surface area contributed by atoms with Crippen molar-refractivity contribution in [2.45, 2.75) is 65.2 Å². The fourth-order valence-electron chi connectivity index (χ4n) is 2.65. The summed E-state index contributed by atoms with van der Waals surface area (Å²) in [6, 6.07) is 12.4. The third kappa shape index (κ3) is 7.32. The predicted octanol–water partition coefficient (Wildman–Crippen LogP) is 6.46. The van der Waals surface area contributed by atoms with Gasteiger partial charge in [0.05, 0.1) is 5.69 Å². The first-order valence-corrected chi connectivity index (χ1v) is 11.3. The number of nitrogens with two attached hydrogens (primary N) is 1. The monoisotopic (exact) mass is 410 g/mol. The molecule has 0 atom stereocenters. The summed E-state index contributed by atoms with van der Waals surface area (Å²) < 4.78 is 0. The van der Waals surface area contributed by atoms with Crippen molar-refractivity contribution in [2.75, 3.05) is 5.75 Å². The minimum absolute atomic E-state index is 0.110. The maximum absolute atomic E-state index is 8.46.